The lowest BCUT2D eigenvalue weighted by Gasteiger charge is -2.29. The molecule has 2 N–H and O–H groups in total. The normalized spacial score (nSPS) is 13.4. The fourth-order valence-electron chi connectivity index (χ4n) is 1.94. The molecule has 2 nitrogen and oxygen atoms in total. The van der Waals surface area contributed by atoms with E-state index in [9.17, 15) is 0 Å². The molecular formula is C15H25NO. The summed E-state index contributed by atoms with van der Waals surface area (Å²) < 4.78 is 5.67. The summed E-state index contributed by atoms with van der Waals surface area (Å²) in [6.07, 6.45) is 2.20. The maximum atomic E-state index is 5.81. The minimum atomic E-state index is 0.293. The molecule has 0 aliphatic carbocycles. The lowest BCUT2D eigenvalue weighted by molar-refractivity contribution is 0.209. The average molecular weight is 235 g/mol. The van der Waals surface area contributed by atoms with Gasteiger partial charge in [-0.3, -0.25) is 0 Å². The van der Waals surface area contributed by atoms with E-state index in [1.807, 2.05) is 30.3 Å². The van der Waals surface area contributed by atoms with E-state index in [2.05, 4.69) is 20.8 Å². The van der Waals surface area contributed by atoms with E-state index in [4.69, 9.17) is 10.5 Å². The van der Waals surface area contributed by atoms with E-state index in [1.54, 1.807) is 0 Å². The Balaban J connectivity index is 2.24. The Labute approximate surface area is 105 Å². The molecule has 1 atom stereocenters. The molecule has 0 radical (unpaired) electrons. The van der Waals surface area contributed by atoms with Crippen LogP contribution in [0.5, 0.6) is 5.75 Å². The Morgan fingerprint density at radius 2 is 1.82 bits per heavy atom. The molecule has 0 aromatic heterocycles. The fourth-order valence-corrected chi connectivity index (χ4v) is 1.94. The summed E-state index contributed by atoms with van der Waals surface area (Å²) in [6, 6.07) is 9.96. The maximum absolute atomic E-state index is 5.81. The monoisotopic (exact) mass is 235 g/mol. The predicted octanol–water partition coefficient (Wildman–Crippen LogP) is 3.47. The number of hydrogen-bond donors (Lipinski definition) is 1. The number of ether oxygens (including phenoxy) is 1. The molecule has 0 bridgehead atoms. The van der Waals surface area contributed by atoms with E-state index in [0.717, 1.165) is 31.7 Å². The summed E-state index contributed by atoms with van der Waals surface area (Å²) in [4.78, 5) is 0. The molecule has 0 aliphatic rings. The Morgan fingerprint density at radius 1 is 1.18 bits per heavy atom. The topological polar surface area (TPSA) is 35.2 Å². The highest BCUT2D eigenvalue weighted by atomic mass is 16.5. The number of hydrogen-bond acceptors (Lipinski definition) is 2. The Morgan fingerprint density at radius 3 is 2.35 bits per heavy atom. The quantitative estimate of drug-likeness (QED) is 0.766. The van der Waals surface area contributed by atoms with Crippen LogP contribution in [0.2, 0.25) is 0 Å². The highest BCUT2D eigenvalue weighted by Crippen LogP contribution is 2.28. The van der Waals surface area contributed by atoms with Gasteiger partial charge < -0.3 is 10.5 Å². The van der Waals surface area contributed by atoms with Crippen LogP contribution in [0.4, 0.5) is 0 Å². The molecule has 96 valence electrons. The molecule has 1 aromatic carbocycles. The molecule has 0 amide bonds. The summed E-state index contributed by atoms with van der Waals surface area (Å²) in [5.41, 5.74) is 6.10. The van der Waals surface area contributed by atoms with Crippen LogP contribution in [0, 0.1) is 11.3 Å². The molecule has 0 heterocycles. The first-order valence-corrected chi connectivity index (χ1v) is 6.42. The smallest absolute Gasteiger partial charge is 0.119 e. The first-order chi connectivity index (χ1) is 8.04. The molecule has 17 heavy (non-hydrogen) atoms. The van der Waals surface area contributed by atoms with E-state index >= 15 is 0 Å². The molecule has 0 saturated carbocycles. The minimum absolute atomic E-state index is 0.293. The van der Waals surface area contributed by atoms with E-state index in [-0.39, 0.29) is 0 Å². The Bertz CT molecular complexity index is 302. The SMILES string of the molecule is CC(C)(C)C(CN)CCCOc1ccccc1. The second-order valence-corrected chi connectivity index (χ2v) is 5.60. The molecule has 0 fully saturated rings. The van der Waals surface area contributed by atoms with Gasteiger partial charge >= 0.3 is 0 Å². The summed E-state index contributed by atoms with van der Waals surface area (Å²) in [5, 5.41) is 0. The van der Waals surface area contributed by atoms with Crippen molar-refractivity contribution in [2.75, 3.05) is 13.2 Å². The summed E-state index contributed by atoms with van der Waals surface area (Å²) in [7, 11) is 0. The zero-order chi connectivity index (χ0) is 12.7. The van der Waals surface area contributed by atoms with Gasteiger partial charge in [0.1, 0.15) is 5.75 Å². The van der Waals surface area contributed by atoms with Crippen molar-refractivity contribution in [3.05, 3.63) is 30.3 Å². The summed E-state index contributed by atoms with van der Waals surface area (Å²) in [6.45, 7) is 8.29. The maximum Gasteiger partial charge on any atom is 0.119 e. The van der Waals surface area contributed by atoms with E-state index < -0.39 is 0 Å². The second kappa shape index (κ2) is 6.65. The van der Waals surface area contributed by atoms with Gasteiger partial charge in [-0.15, -0.1) is 0 Å². The van der Waals surface area contributed by atoms with Gasteiger partial charge in [-0.05, 0) is 42.9 Å². The largest absolute Gasteiger partial charge is 0.494 e. The van der Waals surface area contributed by atoms with Crippen molar-refractivity contribution >= 4 is 0 Å². The first kappa shape index (κ1) is 14.0. The van der Waals surface area contributed by atoms with E-state index in [1.165, 1.54) is 0 Å². The summed E-state index contributed by atoms with van der Waals surface area (Å²) in [5.74, 6) is 1.52. The van der Waals surface area contributed by atoms with Crippen LogP contribution in [0.25, 0.3) is 0 Å². The van der Waals surface area contributed by atoms with Gasteiger partial charge in [-0.25, -0.2) is 0 Å². The fraction of sp³-hybridized carbons (Fsp3) is 0.600. The van der Waals surface area contributed by atoms with E-state index in [0.29, 0.717) is 11.3 Å². The summed E-state index contributed by atoms with van der Waals surface area (Å²) >= 11 is 0. The third kappa shape index (κ3) is 5.22. The number of rotatable bonds is 6. The van der Waals surface area contributed by atoms with Gasteiger partial charge in [0, 0.05) is 0 Å². The molecule has 1 unspecified atom stereocenters. The van der Waals surface area contributed by atoms with Crippen LogP contribution in [0.15, 0.2) is 30.3 Å². The van der Waals surface area contributed by atoms with Gasteiger partial charge in [-0.1, -0.05) is 39.0 Å². The third-order valence-electron chi connectivity index (χ3n) is 3.22. The molecular weight excluding hydrogens is 210 g/mol. The number of nitrogens with two attached hydrogens (primary N) is 1. The van der Waals surface area contributed by atoms with Crippen molar-refractivity contribution in [3.8, 4) is 5.75 Å². The lowest BCUT2D eigenvalue weighted by atomic mass is 9.78. The van der Waals surface area contributed by atoms with Crippen molar-refractivity contribution in [1.82, 2.24) is 0 Å². The van der Waals surface area contributed by atoms with Gasteiger partial charge in [0.2, 0.25) is 0 Å². The van der Waals surface area contributed by atoms with Crippen molar-refractivity contribution < 1.29 is 4.74 Å². The van der Waals surface area contributed by atoms with Crippen molar-refractivity contribution in [2.24, 2.45) is 17.1 Å². The van der Waals surface area contributed by atoms with Crippen LogP contribution in [0.3, 0.4) is 0 Å². The van der Waals surface area contributed by atoms with Crippen molar-refractivity contribution in [2.45, 2.75) is 33.6 Å². The van der Waals surface area contributed by atoms with Crippen LogP contribution in [-0.4, -0.2) is 13.2 Å². The molecule has 0 saturated heterocycles. The average Bonchev–Trinajstić information content (AvgIpc) is 2.28. The van der Waals surface area contributed by atoms with Crippen molar-refractivity contribution in [1.29, 1.82) is 0 Å². The highest BCUT2D eigenvalue weighted by Gasteiger charge is 2.22. The molecule has 2 heteroatoms. The van der Waals surface area contributed by atoms with Crippen LogP contribution in [-0.2, 0) is 0 Å². The van der Waals surface area contributed by atoms with Crippen LogP contribution < -0.4 is 10.5 Å². The third-order valence-corrected chi connectivity index (χ3v) is 3.22. The van der Waals surface area contributed by atoms with Gasteiger partial charge in [0.15, 0.2) is 0 Å². The van der Waals surface area contributed by atoms with Gasteiger partial charge in [0.05, 0.1) is 6.61 Å². The van der Waals surface area contributed by atoms with Gasteiger partial charge in [0.25, 0.3) is 0 Å². The van der Waals surface area contributed by atoms with Crippen molar-refractivity contribution in [3.63, 3.8) is 0 Å². The van der Waals surface area contributed by atoms with Crippen LogP contribution >= 0.6 is 0 Å². The zero-order valence-electron chi connectivity index (χ0n) is 11.3. The number of benzene rings is 1. The minimum Gasteiger partial charge on any atom is -0.494 e. The second-order valence-electron chi connectivity index (χ2n) is 5.60. The van der Waals surface area contributed by atoms with Gasteiger partial charge in [-0.2, -0.15) is 0 Å². The molecule has 0 spiro atoms. The van der Waals surface area contributed by atoms with Crippen LogP contribution in [0.1, 0.15) is 33.6 Å². The molecule has 1 rings (SSSR count). The highest BCUT2D eigenvalue weighted by molar-refractivity contribution is 5.20. The lowest BCUT2D eigenvalue weighted by Crippen LogP contribution is -2.28. The Hall–Kier alpha value is -1.02. The molecule has 1 aromatic rings. The molecule has 0 aliphatic heterocycles. The standard InChI is InChI=1S/C15H25NO/c1-15(2,3)13(12-16)8-7-11-17-14-9-5-4-6-10-14/h4-6,9-10,13H,7-8,11-12,16H2,1-3H3. The Kier molecular flexibility index (Phi) is 5.49. The zero-order valence-corrected chi connectivity index (χ0v) is 11.3. The first-order valence-electron chi connectivity index (χ1n) is 6.42. The number of para-hydroxylation sites is 1. The predicted molar refractivity (Wildman–Crippen MR) is 73.2 cm³/mol.